The standard InChI is InChI=1S/C30H37N7O6S2/c1-33(2)44(39,40)32-30(38)29-19-24-18-25(9-11-28(24)43-29)36-15-13-35(14-16-36)12-6-5-7-23-21-37(45(41,42)34(3)4)27-10-8-22(20-31)17-26(23)27/h8-11,17-19,21H,5-7,12-16H2,1-4H3,(H,32,38). The lowest BCUT2D eigenvalue weighted by Gasteiger charge is -2.36. The third-order valence-corrected chi connectivity index (χ3v) is 11.2. The summed E-state index contributed by atoms with van der Waals surface area (Å²) < 4.78 is 60.8. The molecule has 240 valence electrons. The fraction of sp³-hybridized carbons (Fsp3) is 0.400. The van der Waals surface area contributed by atoms with Gasteiger partial charge < -0.3 is 9.32 Å². The van der Waals surface area contributed by atoms with Crippen molar-refractivity contribution >= 4 is 53.9 Å². The average molecular weight is 656 g/mol. The van der Waals surface area contributed by atoms with Gasteiger partial charge in [-0.05, 0) is 73.8 Å². The van der Waals surface area contributed by atoms with Crippen LogP contribution in [0.3, 0.4) is 0 Å². The predicted octanol–water partition coefficient (Wildman–Crippen LogP) is 2.59. The fourth-order valence-electron chi connectivity index (χ4n) is 5.38. The van der Waals surface area contributed by atoms with Crippen molar-refractivity contribution in [2.45, 2.75) is 19.3 Å². The third kappa shape index (κ3) is 6.85. The van der Waals surface area contributed by atoms with Crippen LogP contribution < -0.4 is 9.62 Å². The van der Waals surface area contributed by atoms with Gasteiger partial charge in [0, 0.05) is 77.0 Å². The van der Waals surface area contributed by atoms with E-state index in [0.29, 0.717) is 28.5 Å². The summed E-state index contributed by atoms with van der Waals surface area (Å²) in [5.41, 5.74) is 3.47. The fourth-order valence-corrected chi connectivity index (χ4v) is 6.92. The van der Waals surface area contributed by atoms with Gasteiger partial charge in [0.15, 0.2) is 5.76 Å². The van der Waals surface area contributed by atoms with E-state index < -0.39 is 26.3 Å². The molecule has 15 heteroatoms. The summed E-state index contributed by atoms with van der Waals surface area (Å²) in [4.78, 5) is 17.1. The van der Waals surface area contributed by atoms with Crippen molar-refractivity contribution in [3.63, 3.8) is 0 Å². The molecule has 0 saturated carbocycles. The molecule has 1 saturated heterocycles. The van der Waals surface area contributed by atoms with E-state index in [1.54, 1.807) is 36.5 Å². The van der Waals surface area contributed by atoms with Crippen LogP contribution in [0.4, 0.5) is 5.69 Å². The van der Waals surface area contributed by atoms with E-state index in [-0.39, 0.29) is 5.76 Å². The number of aromatic nitrogens is 1. The minimum absolute atomic E-state index is 0.0771. The number of carbonyl (C=O) groups excluding carboxylic acids is 1. The van der Waals surface area contributed by atoms with E-state index in [1.807, 2.05) is 16.9 Å². The van der Waals surface area contributed by atoms with Crippen molar-refractivity contribution in [1.82, 2.24) is 22.2 Å². The second-order valence-electron chi connectivity index (χ2n) is 11.4. The zero-order valence-corrected chi connectivity index (χ0v) is 27.4. The number of rotatable bonds is 11. The Morgan fingerprint density at radius 1 is 0.956 bits per heavy atom. The highest BCUT2D eigenvalue weighted by molar-refractivity contribution is 7.88. The van der Waals surface area contributed by atoms with E-state index >= 15 is 0 Å². The maximum atomic E-state index is 12.9. The number of furan rings is 1. The Kier molecular flexibility index (Phi) is 9.24. The van der Waals surface area contributed by atoms with E-state index in [0.717, 1.165) is 66.5 Å². The molecule has 0 atom stereocenters. The molecule has 1 aliphatic heterocycles. The molecule has 2 aromatic heterocycles. The number of anilines is 1. The summed E-state index contributed by atoms with van der Waals surface area (Å²) in [5.74, 6) is -0.905. The molecule has 2 aromatic carbocycles. The zero-order chi connectivity index (χ0) is 32.5. The van der Waals surface area contributed by atoms with E-state index in [9.17, 15) is 26.9 Å². The monoisotopic (exact) mass is 655 g/mol. The molecule has 0 spiro atoms. The number of benzene rings is 2. The molecule has 5 rings (SSSR count). The Balaban J connectivity index is 1.16. The van der Waals surface area contributed by atoms with Crippen LogP contribution in [-0.2, 0) is 26.8 Å². The van der Waals surface area contributed by atoms with Crippen molar-refractivity contribution < 1.29 is 26.0 Å². The normalized spacial score (nSPS) is 14.9. The number of hydrogen-bond donors (Lipinski definition) is 1. The minimum Gasteiger partial charge on any atom is -0.451 e. The lowest BCUT2D eigenvalue weighted by Crippen LogP contribution is -2.46. The number of carbonyl (C=O) groups is 1. The van der Waals surface area contributed by atoms with Gasteiger partial charge in [-0.1, -0.05) is 0 Å². The van der Waals surface area contributed by atoms with Crippen LogP contribution >= 0.6 is 0 Å². The van der Waals surface area contributed by atoms with Gasteiger partial charge in [0.05, 0.1) is 17.1 Å². The topological polar surface area (TPSA) is 152 Å². The van der Waals surface area contributed by atoms with Crippen molar-refractivity contribution in [2.24, 2.45) is 0 Å². The molecule has 0 unspecified atom stereocenters. The quantitative estimate of drug-likeness (QED) is 0.240. The number of piperazine rings is 1. The summed E-state index contributed by atoms with van der Waals surface area (Å²) in [7, 11) is -1.96. The molecule has 0 bridgehead atoms. The zero-order valence-electron chi connectivity index (χ0n) is 25.7. The number of nitrogens with one attached hydrogen (secondary N) is 1. The van der Waals surface area contributed by atoms with Crippen molar-refractivity contribution in [2.75, 3.05) is 65.8 Å². The van der Waals surface area contributed by atoms with Crippen molar-refractivity contribution in [3.8, 4) is 6.07 Å². The SMILES string of the molecule is CN(C)S(=O)(=O)NC(=O)c1cc2cc(N3CCN(CCCCc4cn(S(=O)(=O)N(C)C)c5ccc(C#N)cc45)CC3)ccc2o1. The highest BCUT2D eigenvalue weighted by Crippen LogP contribution is 2.28. The second kappa shape index (κ2) is 12.8. The smallest absolute Gasteiger partial charge is 0.307 e. The first-order chi connectivity index (χ1) is 21.3. The van der Waals surface area contributed by atoms with Gasteiger partial charge in [-0.15, -0.1) is 0 Å². The lowest BCUT2D eigenvalue weighted by molar-refractivity contribution is 0.0955. The maximum absolute atomic E-state index is 12.9. The molecule has 0 aliphatic carbocycles. The van der Waals surface area contributed by atoms with Gasteiger partial charge in [0.25, 0.3) is 0 Å². The minimum atomic E-state index is -3.93. The highest BCUT2D eigenvalue weighted by atomic mass is 32.2. The molecule has 4 aromatic rings. The van der Waals surface area contributed by atoms with Crippen LogP contribution in [0.5, 0.6) is 0 Å². The molecule has 0 radical (unpaired) electrons. The number of fused-ring (bicyclic) bond motifs is 2. The second-order valence-corrected chi connectivity index (χ2v) is 15.3. The molecular weight excluding hydrogens is 619 g/mol. The van der Waals surface area contributed by atoms with E-state index in [2.05, 4.69) is 15.9 Å². The highest BCUT2D eigenvalue weighted by Gasteiger charge is 2.23. The molecule has 3 heterocycles. The Bertz CT molecular complexity index is 1980. The number of aryl methyl sites for hydroxylation is 1. The molecular formula is C30H37N7O6S2. The van der Waals surface area contributed by atoms with Crippen LogP contribution in [0.2, 0.25) is 0 Å². The summed E-state index contributed by atoms with van der Waals surface area (Å²) in [6.45, 7) is 4.33. The maximum Gasteiger partial charge on any atom is 0.307 e. The van der Waals surface area contributed by atoms with Gasteiger partial charge in [-0.3, -0.25) is 9.69 Å². The average Bonchev–Trinajstić information content (AvgIpc) is 3.60. The van der Waals surface area contributed by atoms with Gasteiger partial charge in [-0.2, -0.15) is 30.7 Å². The Morgan fingerprint density at radius 2 is 1.69 bits per heavy atom. The van der Waals surface area contributed by atoms with E-state index in [1.165, 1.54) is 36.5 Å². The number of amides is 1. The van der Waals surface area contributed by atoms with Crippen LogP contribution in [-0.4, -0.2) is 101 Å². The first-order valence-corrected chi connectivity index (χ1v) is 17.4. The Morgan fingerprint density at radius 3 is 2.36 bits per heavy atom. The van der Waals surface area contributed by atoms with Gasteiger partial charge in [-0.25, -0.2) is 8.69 Å². The Hall–Kier alpha value is -3.94. The summed E-state index contributed by atoms with van der Waals surface area (Å²) in [6.07, 6.45) is 4.20. The van der Waals surface area contributed by atoms with E-state index in [4.69, 9.17) is 4.42 Å². The van der Waals surface area contributed by atoms with Crippen molar-refractivity contribution in [1.29, 1.82) is 5.26 Å². The first-order valence-electron chi connectivity index (χ1n) is 14.5. The van der Waals surface area contributed by atoms with Gasteiger partial charge >= 0.3 is 26.3 Å². The molecule has 1 N–H and O–H groups in total. The number of nitrogens with zero attached hydrogens (tertiary/aromatic N) is 6. The molecule has 1 fully saturated rings. The summed E-state index contributed by atoms with van der Waals surface area (Å²) >= 11 is 0. The number of hydrogen-bond acceptors (Lipinski definition) is 9. The molecule has 1 amide bonds. The lowest BCUT2D eigenvalue weighted by atomic mass is 10.1. The van der Waals surface area contributed by atoms with Crippen LogP contribution in [0, 0.1) is 11.3 Å². The third-order valence-electron chi connectivity index (χ3n) is 8.03. The molecule has 45 heavy (non-hydrogen) atoms. The first kappa shape index (κ1) is 32.5. The molecule has 1 aliphatic rings. The largest absolute Gasteiger partial charge is 0.451 e. The number of nitriles is 1. The molecule has 13 nitrogen and oxygen atoms in total. The van der Waals surface area contributed by atoms with Crippen LogP contribution in [0.25, 0.3) is 21.9 Å². The Labute approximate surface area is 263 Å². The van der Waals surface area contributed by atoms with Crippen LogP contribution in [0.15, 0.2) is 53.1 Å². The van der Waals surface area contributed by atoms with Gasteiger partial charge in [0.1, 0.15) is 5.58 Å². The summed E-state index contributed by atoms with van der Waals surface area (Å²) in [5, 5.41) is 10.9. The van der Waals surface area contributed by atoms with Crippen LogP contribution in [0.1, 0.15) is 34.5 Å². The van der Waals surface area contributed by atoms with Crippen molar-refractivity contribution in [3.05, 3.63) is 65.5 Å². The number of unbranched alkanes of at least 4 members (excludes halogenated alkanes) is 1. The summed E-state index contributed by atoms with van der Waals surface area (Å²) in [6, 6.07) is 14.4. The predicted molar refractivity (Wildman–Crippen MR) is 173 cm³/mol. The van der Waals surface area contributed by atoms with Gasteiger partial charge in [0.2, 0.25) is 0 Å².